The number of benzene rings is 1. The van der Waals surface area contributed by atoms with Gasteiger partial charge in [0.25, 0.3) is 0 Å². The summed E-state index contributed by atoms with van der Waals surface area (Å²) in [7, 11) is 0. The van der Waals surface area contributed by atoms with Crippen LogP contribution >= 0.6 is 0 Å². The molecule has 0 aliphatic carbocycles. The van der Waals surface area contributed by atoms with Crippen molar-refractivity contribution in [2.45, 2.75) is 39.8 Å². The van der Waals surface area contributed by atoms with Crippen LogP contribution in [0.4, 0.5) is 0 Å². The van der Waals surface area contributed by atoms with E-state index in [0.717, 1.165) is 37.4 Å². The quantitative estimate of drug-likeness (QED) is 0.750. The summed E-state index contributed by atoms with van der Waals surface area (Å²) in [6.07, 6.45) is 4.05. The van der Waals surface area contributed by atoms with Crippen LogP contribution in [0.25, 0.3) is 0 Å². The maximum Gasteiger partial charge on any atom is 0.130 e. The summed E-state index contributed by atoms with van der Waals surface area (Å²) >= 11 is 0. The maximum atomic E-state index is 5.87. The van der Waals surface area contributed by atoms with Crippen LogP contribution in [0.5, 0.6) is 5.75 Å². The number of pyridine rings is 1. The molecule has 0 bridgehead atoms. The van der Waals surface area contributed by atoms with Crippen LogP contribution < -0.4 is 10.1 Å². The molecule has 21 heavy (non-hydrogen) atoms. The van der Waals surface area contributed by atoms with Gasteiger partial charge in [-0.3, -0.25) is 4.98 Å². The molecule has 0 saturated heterocycles. The lowest BCUT2D eigenvalue weighted by molar-refractivity contribution is 0.298. The first-order chi connectivity index (χ1) is 10.3. The van der Waals surface area contributed by atoms with Gasteiger partial charge in [0.1, 0.15) is 12.4 Å². The molecule has 0 fully saturated rings. The Labute approximate surface area is 127 Å². The third-order valence-electron chi connectivity index (χ3n) is 3.37. The topological polar surface area (TPSA) is 34.1 Å². The molecule has 3 heteroatoms. The fourth-order valence-corrected chi connectivity index (χ4v) is 2.14. The standard InChI is InChI=1S/C18H24N2O/c1-3-11-19-12-15-9-10-17(20-13-15)14-21-18-8-6-5-7-16(18)4-2/h5-10,13,19H,3-4,11-12,14H2,1-2H3. The smallest absolute Gasteiger partial charge is 0.130 e. The summed E-state index contributed by atoms with van der Waals surface area (Å²) in [6, 6.07) is 12.3. The number of nitrogens with one attached hydrogen (secondary N) is 1. The Morgan fingerprint density at radius 3 is 2.67 bits per heavy atom. The fraction of sp³-hybridized carbons (Fsp3) is 0.389. The van der Waals surface area contributed by atoms with Gasteiger partial charge in [-0.2, -0.15) is 0 Å². The monoisotopic (exact) mass is 284 g/mol. The normalized spacial score (nSPS) is 10.6. The Hall–Kier alpha value is -1.87. The lowest BCUT2D eigenvalue weighted by Crippen LogP contribution is -2.14. The molecular weight excluding hydrogens is 260 g/mol. The number of nitrogens with zero attached hydrogens (tertiary/aromatic N) is 1. The van der Waals surface area contributed by atoms with Gasteiger partial charge in [0.2, 0.25) is 0 Å². The van der Waals surface area contributed by atoms with Gasteiger partial charge in [-0.1, -0.05) is 38.1 Å². The summed E-state index contributed by atoms with van der Waals surface area (Å²) in [4.78, 5) is 4.46. The summed E-state index contributed by atoms with van der Waals surface area (Å²) in [6.45, 7) is 6.73. The second kappa shape index (κ2) is 8.42. The molecular formula is C18H24N2O. The molecule has 0 unspecified atom stereocenters. The van der Waals surface area contributed by atoms with Gasteiger partial charge in [0.05, 0.1) is 5.69 Å². The third kappa shape index (κ3) is 4.87. The first-order valence-electron chi connectivity index (χ1n) is 7.68. The Bertz CT molecular complexity index is 537. The van der Waals surface area contributed by atoms with Crippen molar-refractivity contribution in [3.63, 3.8) is 0 Å². The predicted octanol–water partition coefficient (Wildman–Crippen LogP) is 3.72. The highest BCUT2D eigenvalue weighted by atomic mass is 16.5. The highest BCUT2D eigenvalue weighted by Crippen LogP contribution is 2.19. The minimum Gasteiger partial charge on any atom is -0.487 e. The number of aryl methyl sites for hydroxylation is 1. The van der Waals surface area contributed by atoms with Gasteiger partial charge in [0, 0.05) is 12.7 Å². The number of rotatable bonds is 8. The second-order valence-corrected chi connectivity index (χ2v) is 5.08. The average Bonchev–Trinajstić information content (AvgIpc) is 2.54. The van der Waals surface area contributed by atoms with E-state index in [2.05, 4.69) is 36.3 Å². The van der Waals surface area contributed by atoms with Crippen LogP contribution in [0.2, 0.25) is 0 Å². The molecule has 0 atom stereocenters. The zero-order valence-electron chi connectivity index (χ0n) is 12.9. The van der Waals surface area contributed by atoms with Gasteiger partial charge >= 0.3 is 0 Å². The molecule has 1 heterocycles. The molecule has 112 valence electrons. The Balaban J connectivity index is 1.88. The summed E-state index contributed by atoms with van der Waals surface area (Å²) < 4.78 is 5.87. The molecule has 0 aliphatic rings. The Morgan fingerprint density at radius 2 is 1.95 bits per heavy atom. The van der Waals surface area contributed by atoms with E-state index in [0.29, 0.717) is 6.61 Å². The Kier molecular flexibility index (Phi) is 6.22. The molecule has 0 amide bonds. The van der Waals surface area contributed by atoms with E-state index in [4.69, 9.17) is 4.74 Å². The number of ether oxygens (including phenoxy) is 1. The molecule has 2 rings (SSSR count). The van der Waals surface area contributed by atoms with Crippen molar-refractivity contribution in [1.82, 2.24) is 10.3 Å². The van der Waals surface area contributed by atoms with Crippen LogP contribution in [0.15, 0.2) is 42.6 Å². The molecule has 0 radical (unpaired) electrons. The predicted molar refractivity (Wildman–Crippen MR) is 86.4 cm³/mol. The first-order valence-corrected chi connectivity index (χ1v) is 7.68. The molecule has 1 aromatic heterocycles. The van der Waals surface area contributed by atoms with Gasteiger partial charge in [-0.15, -0.1) is 0 Å². The molecule has 2 aromatic rings. The molecule has 1 N–H and O–H groups in total. The number of hydrogen-bond acceptors (Lipinski definition) is 3. The fourth-order valence-electron chi connectivity index (χ4n) is 2.14. The Morgan fingerprint density at radius 1 is 1.10 bits per heavy atom. The molecule has 0 aliphatic heterocycles. The zero-order valence-corrected chi connectivity index (χ0v) is 12.9. The van der Waals surface area contributed by atoms with Crippen molar-refractivity contribution in [3.8, 4) is 5.75 Å². The average molecular weight is 284 g/mol. The van der Waals surface area contributed by atoms with Crippen LogP contribution in [-0.2, 0) is 19.6 Å². The van der Waals surface area contributed by atoms with Gasteiger partial charge in [-0.25, -0.2) is 0 Å². The third-order valence-corrected chi connectivity index (χ3v) is 3.37. The van der Waals surface area contributed by atoms with Crippen LogP contribution in [-0.4, -0.2) is 11.5 Å². The maximum absolute atomic E-state index is 5.87. The number of para-hydroxylation sites is 1. The number of aromatic nitrogens is 1. The molecule has 1 aromatic carbocycles. The minimum absolute atomic E-state index is 0.514. The van der Waals surface area contributed by atoms with Crippen LogP contribution in [0.3, 0.4) is 0 Å². The first kappa shape index (κ1) is 15.5. The van der Waals surface area contributed by atoms with Crippen molar-refractivity contribution in [3.05, 3.63) is 59.4 Å². The lowest BCUT2D eigenvalue weighted by atomic mass is 10.1. The number of hydrogen-bond donors (Lipinski definition) is 1. The highest BCUT2D eigenvalue weighted by Gasteiger charge is 2.02. The van der Waals surface area contributed by atoms with Crippen molar-refractivity contribution >= 4 is 0 Å². The van der Waals surface area contributed by atoms with E-state index in [9.17, 15) is 0 Å². The summed E-state index contributed by atoms with van der Waals surface area (Å²) in [5.74, 6) is 0.954. The highest BCUT2D eigenvalue weighted by molar-refractivity contribution is 5.33. The van der Waals surface area contributed by atoms with E-state index in [1.807, 2.05) is 30.5 Å². The van der Waals surface area contributed by atoms with Gasteiger partial charge in [-0.05, 0) is 42.6 Å². The molecule has 0 spiro atoms. The van der Waals surface area contributed by atoms with Crippen LogP contribution in [0, 0.1) is 0 Å². The van der Waals surface area contributed by atoms with E-state index >= 15 is 0 Å². The summed E-state index contributed by atoms with van der Waals surface area (Å²) in [5.41, 5.74) is 3.40. The van der Waals surface area contributed by atoms with E-state index in [-0.39, 0.29) is 0 Å². The summed E-state index contributed by atoms with van der Waals surface area (Å²) in [5, 5.41) is 3.37. The SMILES string of the molecule is CCCNCc1ccc(COc2ccccc2CC)nc1. The second-order valence-electron chi connectivity index (χ2n) is 5.08. The van der Waals surface area contributed by atoms with E-state index in [1.54, 1.807) is 0 Å². The van der Waals surface area contributed by atoms with E-state index in [1.165, 1.54) is 11.1 Å². The zero-order chi connectivity index (χ0) is 14.9. The van der Waals surface area contributed by atoms with Crippen molar-refractivity contribution in [2.24, 2.45) is 0 Å². The van der Waals surface area contributed by atoms with Gasteiger partial charge in [0.15, 0.2) is 0 Å². The molecule has 3 nitrogen and oxygen atoms in total. The van der Waals surface area contributed by atoms with E-state index < -0.39 is 0 Å². The van der Waals surface area contributed by atoms with Gasteiger partial charge < -0.3 is 10.1 Å². The van der Waals surface area contributed by atoms with Crippen molar-refractivity contribution in [1.29, 1.82) is 0 Å². The molecule has 0 saturated carbocycles. The van der Waals surface area contributed by atoms with Crippen LogP contribution in [0.1, 0.15) is 37.1 Å². The largest absolute Gasteiger partial charge is 0.487 e. The van der Waals surface area contributed by atoms with Crippen molar-refractivity contribution in [2.75, 3.05) is 6.54 Å². The van der Waals surface area contributed by atoms with Crippen molar-refractivity contribution < 1.29 is 4.74 Å². The lowest BCUT2D eigenvalue weighted by Gasteiger charge is -2.10. The minimum atomic E-state index is 0.514.